The minimum absolute atomic E-state index is 0.0335. The molecule has 0 bridgehead atoms. The number of aryl methyl sites for hydroxylation is 1. The minimum atomic E-state index is -0.408. The van der Waals surface area contributed by atoms with E-state index in [4.69, 9.17) is 9.40 Å². The molecule has 1 saturated carbocycles. The number of hydrogen-bond donors (Lipinski definition) is 0. The largest absolute Gasteiger partial charge is 0.455 e. The van der Waals surface area contributed by atoms with Crippen molar-refractivity contribution in [2.75, 3.05) is 0 Å². The molecule has 35 heavy (non-hydrogen) atoms. The fraction of sp³-hybridized carbons (Fsp3) is 0.269. The molecule has 1 aliphatic rings. The molecular formula is C26H23BrN4O4. The van der Waals surface area contributed by atoms with Crippen LogP contribution in [0, 0.1) is 17.0 Å². The first-order valence-electron chi connectivity index (χ1n) is 11.5. The predicted octanol–water partition coefficient (Wildman–Crippen LogP) is 6.57. The van der Waals surface area contributed by atoms with Crippen molar-refractivity contribution in [1.82, 2.24) is 9.66 Å². The lowest BCUT2D eigenvalue weighted by atomic mass is 9.88. The normalized spacial score (nSPS) is 14.7. The van der Waals surface area contributed by atoms with Crippen molar-refractivity contribution in [2.24, 2.45) is 5.10 Å². The molecule has 0 N–H and O–H groups in total. The smallest absolute Gasteiger partial charge is 0.282 e. The van der Waals surface area contributed by atoms with Gasteiger partial charge in [0.25, 0.3) is 11.2 Å². The standard InChI is InChI=1S/C26H23BrN4O4/c1-16-7-8-18(13-23(16)31(33)34)24-12-10-20(35-24)15-28-30-25(17-5-3-2-4-6-17)29-22-11-9-19(27)14-21(22)26(30)32/h7-15,17H,2-6H2,1H3. The highest BCUT2D eigenvalue weighted by molar-refractivity contribution is 9.10. The van der Waals surface area contributed by atoms with E-state index in [9.17, 15) is 14.9 Å². The monoisotopic (exact) mass is 534 g/mol. The molecule has 2 aromatic carbocycles. The van der Waals surface area contributed by atoms with E-state index in [1.165, 1.54) is 23.4 Å². The summed E-state index contributed by atoms with van der Waals surface area (Å²) in [5, 5.41) is 16.3. The first-order valence-corrected chi connectivity index (χ1v) is 12.3. The van der Waals surface area contributed by atoms with Gasteiger partial charge in [-0.3, -0.25) is 14.9 Å². The molecule has 1 aliphatic carbocycles. The van der Waals surface area contributed by atoms with Gasteiger partial charge in [-0.15, -0.1) is 0 Å². The molecule has 1 fully saturated rings. The van der Waals surface area contributed by atoms with Crippen molar-refractivity contribution < 1.29 is 9.34 Å². The second kappa shape index (κ2) is 9.58. The summed E-state index contributed by atoms with van der Waals surface area (Å²) in [7, 11) is 0. The van der Waals surface area contributed by atoms with E-state index in [1.54, 1.807) is 37.3 Å². The Morgan fingerprint density at radius 1 is 1.14 bits per heavy atom. The van der Waals surface area contributed by atoms with Crippen LogP contribution in [0.5, 0.6) is 0 Å². The fourth-order valence-electron chi connectivity index (χ4n) is 4.55. The van der Waals surface area contributed by atoms with Crippen LogP contribution in [0.15, 0.2) is 67.3 Å². The third kappa shape index (κ3) is 4.68. The van der Waals surface area contributed by atoms with Crippen molar-refractivity contribution in [3.05, 3.63) is 90.6 Å². The van der Waals surface area contributed by atoms with Gasteiger partial charge in [-0.05, 0) is 50.1 Å². The van der Waals surface area contributed by atoms with Gasteiger partial charge in [0.15, 0.2) is 0 Å². The Bertz CT molecular complexity index is 1520. The summed E-state index contributed by atoms with van der Waals surface area (Å²) in [6, 6.07) is 13.9. The second-order valence-electron chi connectivity index (χ2n) is 8.79. The van der Waals surface area contributed by atoms with Crippen LogP contribution in [-0.4, -0.2) is 20.8 Å². The summed E-state index contributed by atoms with van der Waals surface area (Å²) in [5.74, 6) is 1.75. The number of halogens is 1. The van der Waals surface area contributed by atoms with Crippen LogP contribution in [-0.2, 0) is 0 Å². The molecule has 2 aromatic heterocycles. The zero-order valence-electron chi connectivity index (χ0n) is 19.1. The Labute approximate surface area is 209 Å². The molecule has 0 aliphatic heterocycles. The Morgan fingerprint density at radius 3 is 2.71 bits per heavy atom. The van der Waals surface area contributed by atoms with E-state index in [0.29, 0.717) is 39.4 Å². The third-order valence-corrected chi connectivity index (χ3v) is 6.91. The summed E-state index contributed by atoms with van der Waals surface area (Å²) in [6.07, 6.45) is 6.84. The van der Waals surface area contributed by atoms with Crippen molar-refractivity contribution >= 4 is 38.7 Å². The quantitative estimate of drug-likeness (QED) is 0.163. The number of rotatable bonds is 5. The summed E-state index contributed by atoms with van der Waals surface area (Å²) in [6.45, 7) is 1.69. The maximum atomic E-state index is 13.4. The molecule has 9 heteroatoms. The van der Waals surface area contributed by atoms with E-state index < -0.39 is 4.92 Å². The van der Waals surface area contributed by atoms with Crippen LogP contribution in [0.3, 0.4) is 0 Å². The molecule has 178 valence electrons. The lowest BCUT2D eigenvalue weighted by molar-refractivity contribution is -0.385. The van der Waals surface area contributed by atoms with Crippen LogP contribution in [0.1, 0.15) is 55.2 Å². The van der Waals surface area contributed by atoms with Gasteiger partial charge in [-0.2, -0.15) is 9.78 Å². The van der Waals surface area contributed by atoms with E-state index in [1.807, 2.05) is 12.1 Å². The van der Waals surface area contributed by atoms with Gasteiger partial charge in [0.05, 0.1) is 22.0 Å². The molecule has 4 aromatic rings. The van der Waals surface area contributed by atoms with E-state index in [0.717, 1.165) is 30.2 Å². The Hall–Kier alpha value is -3.59. The van der Waals surface area contributed by atoms with Crippen LogP contribution in [0.2, 0.25) is 0 Å². The second-order valence-corrected chi connectivity index (χ2v) is 9.70. The summed E-state index contributed by atoms with van der Waals surface area (Å²) in [4.78, 5) is 29.1. The van der Waals surface area contributed by atoms with Crippen molar-refractivity contribution in [2.45, 2.75) is 44.9 Å². The average Bonchev–Trinajstić information content (AvgIpc) is 3.33. The van der Waals surface area contributed by atoms with Gasteiger partial charge in [-0.1, -0.05) is 47.3 Å². The molecule has 8 nitrogen and oxygen atoms in total. The van der Waals surface area contributed by atoms with Crippen LogP contribution < -0.4 is 5.56 Å². The highest BCUT2D eigenvalue weighted by Gasteiger charge is 2.22. The highest BCUT2D eigenvalue weighted by Crippen LogP contribution is 2.32. The molecular weight excluding hydrogens is 512 g/mol. The van der Waals surface area contributed by atoms with Crippen LogP contribution in [0.4, 0.5) is 5.69 Å². The third-order valence-electron chi connectivity index (χ3n) is 6.42. The Balaban J connectivity index is 1.54. The first-order chi connectivity index (χ1) is 16.9. The minimum Gasteiger partial charge on any atom is -0.455 e. The van der Waals surface area contributed by atoms with Gasteiger partial charge in [0.2, 0.25) is 0 Å². The lowest BCUT2D eigenvalue weighted by Crippen LogP contribution is -2.25. The number of nitro groups is 1. The Kier molecular flexibility index (Phi) is 6.34. The van der Waals surface area contributed by atoms with Gasteiger partial charge >= 0.3 is 0 Å². The molecule has 0 unspecified atom stereocenters. The molecule has 5 rings (SSSR count). The van der Waals surface area contributed by atoms with Crippen molar-refractivity contribution in [3.8, 4) is 11.3 Å². The SMILES string of the molecule is Cc1ccc(-c2ccc(C=Nn3c(C4CCCCC4)nc4ccc(Br)cc4c3=O)o2)cc1[N+](=O)[O-]. The number of aromatic nitrogens is 2. The predicted molar refractivity (Wildman–Crippen MR) is 138 cm³/mol. The van der Waals surface area contributed by atoms with E-state index >= 15 is 0 Å². The van der Waals surface area contributed by atoms with Crippen molar-refractivity contribution in [3.63, 3.8) is 0 Å². The highest BCUT2D eigenvalue weighted by atomic mass is 79.9. The number of benzene rings is 2. The van der Waals surface area contributed by atoms with Gasteiger partial charge in [0, 0.05) is 27.6 Å². The molecule has 0 spiro atoms. The van der Waals surface area contributed by atoms with Gasteiger partial charge < -0.3 is 4.42 Å². The molecule has 0 radical (unpaired) electrons. The molecule has 2 heterocycles. The molecule has 0 amide bonds. The van der Waals surface area contributed by atoms with E-state index in [-0.39, 0.29) is 17.2 Å². The summed E-state index contributed by atoms with van der Waals surface area (Å²) in [5.41, 5.74) is 1.64. The molecule has 0 saturated heterocycles. The number of nitrogens with zero attached hydrogens (tertiary/aromatic N) is 4. The fourth-order valence-corrected chi connectivity index (χ4v) is 4.92. The zero-order valence-corrected chi connectivity index (χ0v) is 20.7. The lowest BCUT2D eigenvalue weighted by Gasteiger charge is -2.22. The maximum absolute atomic E-state index is 13.4. The average molecular weight is 535 g/mol. The van der Waals surface area contributed by atoms with Crippen LogP contribution >= 0.6 is 15.9 Å². The summed E-state index contributed by atoms with van der Waals surface area (Å²) >= 11 is 3.43. The topological polar surface area (TPSA) is 104 Å². The van der Waals surface area contributed by atoms with E-state index in [2.05, 4.69) is 21.0 Å². The van der Waals surface area contributed by atoms with Gasteiger partial charge in [-0.25, -0.2) is 4.98 Å². The zero-order chi connectivity index (χ0) is 24.5. The number of fused-ring (bicyclic) bond motifs is 1. The Morgan fingerprint density at radius 2 is 1.94 bits per heavy atom. The number of hydrogen-bond acceptors (Lipinski definition) is 6. The molecule has 0 atom stereocenters. The van der Waals surface area contributed by atoms with Crippen LogP contribution in [0.25, 0.3) is 22.2 Å². The van der Waals surface area contributed by atoms with Gasteiger partial charge in [0.1, 0.15) is 17.3 Å². The maximum Gasteiger partial charge on any atom is 0.282 e. The number of nitro benzene ring substituents is 1. The first kappa shape index (κ1) is 23.2. The summed E-state index contributed by atoms with van der Waals surface area (Å²) < 4.78 is 8.07. The van der Waals surface area contributed by atoms with Crippen molar-refractivity contribution in [1.29, 1.82) is 0 Å². The number of furan rings is 1.